The number of urea groups is 1. The average molecular weight is 419 g/mol. The highest BCUT2D eigenvalue weighted by atomic mass is 16.5. The molecular weight excluding hydrogens is 388 g/mol. The molecule has 0 aliphatic heterocycles. The van der Waals surface area contributed by atoms with E-state index in [1.165, 1.54) is 0 Å². The first-order valence-corrected chi connectivity index (χ1v) is 10.3. The summed E-state index contributed by atoms with van der Waals surface area (Å²) in [4.78, 5) is 15.0. The van der Waals surface area contributed by atoms with Crippen LogP contribution in [0.25, 0.3) is 0 Å². The van der Waals surface area contributed by atoms with Crippen molar-refractivity contribution >= 4 is 11.7 Å². The van der Waals surface area contributed by atoms with Crippen LogP contribution in [0.15, 0.2) is 78.9 Å². The normalized spacial score (nSPS) is 11.0. The van der Waals surface area contributed by atoms with Crippen LogP contribution in [0.5, 0.6) is 11.5 Å². The van der Waals surface area contributed by atoms with E-state index in [1.807, 2.05) is 99.6 Å². The molecule has 0 saturated heterocycles. The molecule has 0 spiro atoms. The molecule has 0 fully saturated rings. The number of ether oxygens (including phenoxy) is 2. The lowest BCUT2D eigenvalue weighted by molar-refractivity contribution is 0.151. The second-order valence-corrected chi connectivity index (χ2v) is 8.31. The van der Waals surface area contributed by atoms with Crippen molar-refractivity contribution in [2.75, 3.05) is 12.4 Å². The van der Waals surface area contributed by atoms with E-state index < -0.39 is 0 Å². The molecule has 0 bridgehead atoms. The van der Waals surface area contributed by atoms with E-state index in [0.717, 1.165) is 16.9 Å². The Kier molecular flexibility index (Phi) is 7.19. The van der Waals surface area contributed by atoms with Crippen LogP contribution >= 0.6 is 0 Å². The number of carbonyl (C=O) groups is 1. The zero-order valence-electron chi connectivity index (χ0n) is 18.6. The summed E-state index contributed by atoms with van der Waals surface area (Å²) < 4.78 is 11.3. The van der Waals surface area contributed by atoms with Gasteiger partial charge in [-0.15, -0.1) is 0 Å². The Balaban J connectivity index is 1.73. The molecule has 1 N–H and O–H groups in total. The third-order valence-corrected chi connectivity index (χ3v) is 4.89. The number of anilines is 1. The minimum atomic E-state index is -0.382. The van der Waals surface area contributed by atoms with Gasteiger partial charge in [-0.3, -0.25) is 0 Å². The molecule has 31 heavy (non-hydrogen) atoms. The number of benzene rings is 3. The Morgan fingerprint density at radius 1 is 0.903 bits per heavy atom. The Morgan fingerprint density at radius 2 is 1.58 bits per heavy atom. The number of nitrogens with one attached hydrogen (secondary N) is 1. The van der Waals surface area contributed by atoms with Gasteiger partial charge in [0.1, 0.15) is 18.1 Å². The molecule has 0 aliphatic carbocycles. The molecule has 3 aromatic rings. The topological polar surface area (TPSA) is 50.8 Å². The van der Waals surface area contributed by atoms with Gasteiger partial charge in [-0.1, -0.05) is 54.6 Å². The number of hydrogen-bond acceptors (Lipinski definition) is 3. The maximum atomic E-state index is 13.2. The van der Waals surface area contributed by atoms with Crippen LogP contribution in [0.1, 0.15) is 31.9 Å². The summed E-state index contributed by atoms with van der Waals surface area (Å²) in [7, 11) is 1.59. The summed E-state index contributed by atoms with van der Waals surface area (Å²) in [5.74, 6) is 1.40. The molecule has 0 unspecified atom stereocenters. The SMILES string of the molecule is COc1ccccc1NC(=O)N(Cc1cccc(OCc2ccccc2)c1)C(C)(C)C. The van der Waals surface area contributed by atoms with Crippen LogP contribution in [-0.2, 0) is 13.2 Å². The van der Waals surface area contributed by atoms with Crippen molar-refractivity contribution in [2.24, 2.45) is 0 Å². The van der Waals surface area contributed by atoms with Gasteiger partial charge >= 0.3 is 6.03 Å². The predicted molar refractivity (Wildman–Crippen MR) is 125 cm³/mol. The molecule has 0 radical (unpaired) electrons. The number of hydrogen-bond donors (Lipinski definition) is 1. The molecule has 2 amide bonds. The number of amides is 2. The average Bonchev–Trinajstić information content (AvgIpc) is 2.76. The highest BCUT2D eigenvalue weighted by molar-refractivity contribution is 5.91. The number of carbonyl (C=O) groups excluding carboxylic acids is 1. The third-order valence-electron chi connectivity index (χ3n) is 4.89. The number of methoxy groups -OCH3 is 1. The van der Waals surface area contributed by atoms with Crippen molar-refractivity contribution < 1.29 is 14.3 Å². The van der Waals surface area contributed by atoms with Gasteiger partial charge in [-0.05, 0) is 56.2 Å². The smallest absolute Gasteiger partial charge is 0.322 e. The highest BCUT2D eigenvalue weighted by Gasteiger charge is 2.27. The second kappa shape index (κ2) is 10.0. The van der Waals surface area contributed by atoms with Gasteiger partial charge in [0.05, 0.1) is 12.8 Å². The molecule has 0 aromatic heterocycles. The molecule has 5 heteroatoms. The number of rotatable bonds is 7. The predicted octanol–water partition coefficient (Wildman–Crippen LogP) is 6.11. The van der Waals surface area contributed by atoms with Crippen molar-refractivity contribution in [2.45, 2.75) is 39.5 Å². The van der Waals surface area contributed by atoms with Crippen molar-refractivity contribution in [1.82, 2.24) is 4.90 Å². The molecule has 5 nitrogen and oxygen atoms in total. The van der Waals surface area contributed by atoms with Crippen molar-refractivity contribution in [3.8, 4) is 11.5 Å². The van der Waals surface area contributed by atoms with Crippen molar-refractivity contribution in [3.63, 3.8) is 0 Å². The zero-order valence-corrected chi connectivity index (χ0v) is 18.6. The van der Waals surface area contributed by atoms with E-state index in [4.69, 9.17) is 9.47 Å². The minimum absolute atomic E-state index is 0.187. The summed E-state index contributed by atoms with van der Waals surface area (Å²) >= 11 is 0. The lowest BCUT2D eigenvalue weighted by atomic mass is 10.0. The summed E-state index contributed by atoms with van der Waals surface area (Å²) in [5.41, 5.74) is 2.37. The second-order valence-electron chi connectivity index (χ2n) is 8.31. The van der Waals surface area contributed by atoms with E-state index in [1.54, 1.807) is 12.0 Å². The van der Waals surface area contributed by atoms with Gasteiger partial charge in [-0.25, -0.2) is 4.79 Å². The Labute approximate surface area is 184 Å². The Morgan fingerprint density at radius 3 is 2.29 bits per heavy atom. The summed E-state index contributed by atoms with van der Waals surface area (Å²) in [6.07, 6.45) is 0. The third kappa shape index (κ3) is 6.25. The molecule has 0 heterocycles. The fourth-order valence-electron chi connectivity index (χ4n) is 3.20. The monoisotopic (exact) mass is 418 g/mol. The maximum absolute atomic E-state index is 13.2. The van der Waals surface area contributed by atoms with Crippen LogP contribution in [0.2, 0.25) is 0 Å². The first-order valence-electron chi connectivity index (χ1n) is 10.3. The molecular formula is C26H30N2O3. The standard InChI is InChI=1S/C26H30N2O3/c1-26(2,3)28(25(29)27-23-15-8-9-16-24(23)30-4)18-21-13-10-14-22(17-21)31-19-20-11-6-5-7-12-20/h5-17H,18-19H2,1-4H3,(H,27,29). The zero-order chi connectivity index (χ0) is 22.3. The van der Waals surface area contributed by atoms with Crippen molar-refractivity contribution in [1.29, 1.82) is 0 Å². The van der Waals surface area contributed by atoms with Crippen molar-refractivity contribution in [3.05, 3.63) is 90.0 Å². The van der Waals surface area contributed by atoms with E-state index in [9.17, 15) is 4.79 Å². The quantitative estimate of drug-likeness (QED) is 0.504. The van der Waals surface area contributed by atoms with E-state index in [0.29, 0.717) is 24.6 Å². The molecule has 3 aromatic carbocycles. The molecule has 3 rings (SSSR count). The molecule has 0 atom stereocenters. The first kappa shape index (κ1) is 22.2. The Hall–Kier alpha value is -3.47. The lowest BCUT2D eigenvalue weighted by Crippen LogP contribution is -2.47. The summed E-state index contributed by atoms with van der Waals surface area (Å²) in [6, 6.07) is 25.1. The maximum Gasteiger partial charge on any atom is 0.322 e. The minimum Gasteiger partial charge on any atom is -0.495 e. The largest absolute Gasteiger partial charge is 0.495 e. The Bertz CT molecular complexity index is 997. The van der Waals surface area contributed by atoms with Crippen LogP contribution in [-0.4, -0.2) is 23.6 Å². The molecule has 0 saturated carbocycles. The van der Waals surface area contributed by atoms with E-state index >= 15 is 0 Å². The van der Waals surface area contributed by atoms with Gasteiger partial charge in [0.2, 0.25) is 0 Å². The fourth-order valence-corrected chi connectivity index (χ4v) is 3.20. The molecule has 0 aliphatic rings. The van der Waals surface area contributed by atoms with Crippen LogP contribution < -0.4 is 14.8 Å². The van der Waals surface area contributed by atoms with Gasteiger partial charge in [0, 0.05) is 12.1 Å². The number of nitrogens with zero attached hydrogens (tertiary/aromatic N) is 1. The fraction of sp³-hybridized carbons (Fsp3) is 0.269. The summed E-state index contributed by atoms with van der Waals surface area (Å²) in [5, 5.41) is 2.98. The van der Waals surface area contributed by atoms with Gasteiger partial charge in [0.15, 0.2) is 0 Å². The highest BCUT2D eigenvalue weighted by Crippen LogP contribution is 2.26. The van der Waals surface area contributed by atoms with Crippen LogP contribution in [0.4, 0.5) is 10.5 Å². The van der Waals surface area contributed by atoms with E-state index in [-0.39, 0.29) is 11.6 Å². The lowest BCUT2D eigenvalue weighted by Gasteiger charge is -2.36. The van der Waals surface area contributed by atoms with Crippen LogP contribution in [0, 0.1) is 0 Å². The van der Waals surface area contributed by atoms with Gasteiger partial charge < -0.3 is 19.7 Å². The summed E-state index contributed by atoms with van der Waals surface area (Å²) in [6.45, 7) is 7.01. The number of para-hydroxylation sites is 2. The first-order chi connectivity index (χ1) is 14.9. The van der Waals surface area contributed by atoms with Gasteiger partial charge in [0.25, 0.3) is 0 Å². The van der Waals surface area contributed by atoms with E-state index in [2.05, 4.69) is 5.32 Å². The molecule has 162 valence electrons. The van der Waals surface area contributed by atoms with Crippen LogP contribution in [0.3, 0.4) is 0 Å². The van der Waals surface area contributed by atoms with Gasteiger partial charge in [-0.2, -0.15) is 0 Å².